The first kappa shape index (κ1) is 33.1. The van der Waals surface area contributed by atoms with Crippen LogP contribution in [0.25, 0.3) is 11.0 Å². The van der Waals surface area contributed by atoms with Gasteiger partial charge in [0, 0.05) is 24.1 Å². The minimum Gasteiger partial charge on any atom is -0.493 e. The third kappa shape index (κ3) is 6.35. The van der Waals surface area contributed by atoms with E-state index in [0.29, 0.717) is 11.8 Å². The number of aliphatic hydroxyl groups is 1. The summed E-state index contributed by atoms with van der Waals surface area (Å²) in [6.07, 6.45) is -6.85. The van der Waals surface area contributed by atoms with Crippen molar-refractivity contribution < 1.29 is 55.9 Å². The summed E-state index contributed by atoms with van der Waals surface area (Å²) in [6, 6.07) is 10.5. The second kappa shape index (κ2) is 12.3. The van der Waals surface area contributed by atoms with Crippen LogP contribution in [0, 0.1) is 0 Å². The molecule has 0 bridgehead atoms. The number of epoxide rings is 1. The molecule has 1 saturated heterocycles. The van der Waals surface area contributed by atoms with Gasteiger partial charge in [-0.25, -0.2) is 9.59 Å². The first-order valence-corrected chi connectivity index (χ1v) is 13.7. The van der Waals surface area contributed by atoms with Crippen LogP contribution in [0.15, 0.2) is 57.7 Å². The largest absolute Gasteiger partial charge is 0.493 e. The molecule has 240 valence electrons. The number of benzene rings is 2. The van der Waals surface area contributed by atoms with Crippen molar-refractivity contribution in [2.45, 2.75) is 68.8 Å². The topological polar surface area (TPSA) is 126 Å². The maximum absolute atomic E-state index is 14.6. The molecule has 0 unspecified atom stereocenters. The molecule has 1 aliphatic rings. The van der Waals surface area contributed by atoms with Crippen molar-refractivity contribution in [1.82, 2.24) is 0 Å². The van der Waals surface area contributed by atoms with Crippen LogP contribution in [0.3, 0.4) is 0 Å². The fourth-order valence-corrected chi connectivity index (χ4v) is 5.04. The third-order valence-corrected chi connectivity index (χ3v) is 7.78. The molecule has 4 rings (SSSR count). The SMILES string of the molecule is COc1cc2ccc(=O)oc2c(OC)c1OC[C@@H](OC(=O)[C@@](OC)(c1ccccc1)C(F)(F)F)[C@](C)(O)CC[C@H]1OC1(C)C. The van der Waals surface area contributed by atoms with Crippen LogP contribution in [0.5, 0.6) is 17.2 Å². The zero-order valence-corrected chi connectivity index (χ0v) is 25.2. The molecule has 2 heterocycles. The summed E-state index contributed by atoms with van der Waals surface area (Å²) in [7, 11) is 3.37. The quantitative estimate of drug-likeness (QED) is 0.159. The van der Waals surface area contributed by atoms with Gasteiger partial charge in [0.1, 0.15) is 12.2 Å². The Morgan fingerprint density at radius 1 is 1.05 bits per heavy atom. The van der Waals surface area contributed by atoms with E-state index in [1.807, 2.05) is 13.8 Å². The Kier molecular flexibility index (Phi) is 9.24. The van der Waals surface area contributed by atoms with Gasteiger partial charge < -0.3 is 37.9 Å². The number of hydrogen-bond acceptors (Lipinski definition) is 10. The molecule has 0 saturated carbocycles. The molecule has 1 aliphatic heterocycles. The molecule has 1 fully saturated rings. The number of rotatable bonds is 13. The second-order valence-electron chi connectivity index (χ2n) is 11.2. The van der Waals surface area contributed by atoms with Gasteiger partial charge in [0.05, 0.1) is 25.9 Å². The zero-order chi connectivity index (χ0) is 32.5. The molecule has 0 spiro atoms. The summed E-state index contributed by atoms with van der Waals surface area (Å²) in [6.45, 7) is 4.39. The van der Waals surface area contributed by atoms with E-state index in [-0.39, 0.29) is 35.4 Å². The maximum atomic E-state index is 14.6. The lowest BCUT2D eigenvalue weighted by Gasteiger charge is -2.37. The molecule has 13 heteroatoms. The molecule has 3 aromatic rings. The van der Waals surface area contributed by atoms with Crippen molar-refractivity contribution in [1.29, 1.82) is 0 Å². The van der Waals surface area contributed by atoms with Gasteiger partial charge in [-0.05, 0) is 45.7 Å². The molecular weight excluding hydrogens is 589 g/mol. The highest BCUT2D eigenvalue weighted by Gasteiger charge is 2.65. The van der Waals surface area contributed by atoms with E-state index in [1.165, 1.54) is 57.5 Å². The van der Waals surface area contributed by atoms with E-state index >= 15 is 0 Å². The van der Waals surface area contributed by atoms with Crippen molar-refractivity contribution in [3.05, 3.63) is 64.5 Å². The summed E-state index contributed by atoms with van der Waals surface area (Å²) < 4.78 is 81.9. The first-order valence-electron chi connectivity index (χ1n) is 13.7. The Bertz CT molecular complexity index is 1530. The average molecular weight is 625 g/mol. The highest BCUT2D eigenvalue weighted by atomic mass is 19.4. The van der Waals surface area contributed by atoms with Crippen LogP contribution >= 0.6 is 0 Å². The van der Waals surface area contributed by atoms with Crippen molar-refractivity contribution >= 4 is 16.9 Å². The van der Waals surface area contributed by atoms with E-state index in [2.05, 4.69) is 0 Å². The number of esters is 1. The lowest BCUT2D eigenvalue weighted by molar-refractivity contribution is -0.281. The minimum absolute atomic E-state index is 0.0174. The molecule has 2 aromatic carbocycles. The third-order valence-electron chi connectivity index (χ3n) is 7.78. The molecule has 1 N–H and O–H groups in total. The molecular formula is C31H35F3O10. The fraction of sp³-hybridized carbons (Fsp3) is 0.484. The lowest BCUT2D eigenvalue weighted by atomic mass is 9.89. The van der Waals surface area contributed by atoms with Crippen LogP contribution in [-0.4, -0.2) is 68.6 Å². The molecule has 1 aromatic heterocycles. The van der Waals surface area contributed by atoms with E-state index in [4.69, 9.17) is 32.8 Å². The number of carbonyl (C=O) groups excluding carboxylic acids is 1. The Balaban J connectivity index is 1.73. The molecule has 0 amide bonds. The summed E-state index contributed by atoms with van der Waals surface area (Å²) in [5, 5.41) is 12.0. The highest BCUT2D eigenvalue weighted by molar-refractivity contribution is 5.88. The van der Waals surface area contributed by atoms with Crippen LogP contribution < -0.4 is 19.8 Å². The Morgan fingerprint density at radius 2 is 1.70 bits per heavy atom. The number of halogens is 3. The van der Waals surface area contributed by atoms with Gasteiger partial charge in [-0.3, -0.25) is 0 Å². The Hall–Kier alpha value is -3.81. The van der Waals surface area contributed by atoms with Crippen molar-refractivity contribution in [3.8, 4) is 17.2 Å². The van der Waals surface area contributed by atoms with E-state index < -0.39 is 52.8 Å². The van der Waals surface area contributed by atoms with Gasteiger partial charge in [0.15, 0.2) is 17.4 Å². The zero-order valence-electron chi connectivity index (χ0n) is 25.2. The number of alkyl halides is 3. The minimum atomic E-state index is -5.24. The van der Waals surface area contributed by atoms with Crippen molar-refractivity contribution in [2.75, 3.05) is 27.9 Å². The summed E-state index contributed by atoms with van der Waals surface area (Å²) in [5.41, 5.74) is -7.02. The van der Waals surface area contributed by atoms with E-state index in [0.717, 1.165) is 19.2 Å². The van der Waals surface area contributed by atoms with E-state index in [1.54, 1.807) is 0 Å². The summed E-state index contributed by atoms with van der Waals surface area (Å²) in [5.74, 6) is -1.84. The van der Waals surface area contributed by atoms with Crippen molar-refractivity contribution in [3.63, 3.8) is 0 Å². The fourth-order valence-electron chi connectivity index (χ4n) is 5.04. The van der Waals surface area contributed by atoms with Gasteiger partial charge in [-0.2, -0.15) is 13.2 Å². The molecule has 0 radical (unpaired) electrons. The highest BCUT2D eigenvalue weighted by Crippen LogP contribution is 2.46. The number of fused-ring (bicyclic) bond motifs is 1. The molecule has 10 nitrogen and oxygen atoms in total. The van der Waals surface area contributed by atoms with Crippen molar-refractivity contribution in [2.24, 2.45) is 0 Å². The first-order chi connectivity index (χ1) is 20.6. The smallest absolute Gasteiger partial charge is 0.432 e. The Labute approximate surface area is 251 Å². The Morgan fingerprint density at radius 3 is 2.25 bits per heavy atom. The number of methoxy groups -OCH3 is 3. The predicted molar refractivity (Wildman–Crippen MR) is 151 cm³/mol. The average Bonchev–Trinajstić information content (AvgIpc) is 3.59. The van der Waals surface area contributed by atoms with Crippen LogP contribution in [0.1, 0.15) is 39.2 Å². The maximum Gasteiger partial charge on any atom is 0.432 e. The van der Waals surface area contributed by atoms with Crippen LogP contribution in [0.2, 0.25) is 0 Å². The van der Waals surface area contributed by atoms with Crippen LogP contribution in [-0.2, 0) is 24.6 Å². The van der Waals surface area contributed by atoms with Crippen LogP contribution in [0.4, 0.5) is 13.2 Å². The van der Waals surface area contributed by atoms with Gasteiger partial charge in [0.2, 0.25) is 11.5 Å². The van der Waals surface area contributed by atoms with E-state index in [9.17, 15) is 27.9 Å². The number of ether oxygens (including phenoxy) is 6. The molecule has 44 heavy (non-hydrogen) atoms. The lowest BCUT2D eigenvalue weighted by Crippen LogP contribution is -2.55. The normalized spacial score (nSPS) is 19.4. The second-order valence-corrected chi connectivity index (χ2v) is 11.2. The van der Waals surface area contributed by atoms with Gasteiger partial charge >= 0.3 is 17.8 Å². The predicted octanol–water partition coefficient (Wildman–Crippen LogP) is 4.91. The van der Waals surface area contributed by atoms with Gasteiger partial charge in [-0.1, -0.05) is 30.3 Å². The summed E-state index contributed by atoms with van der Waals surface area (Å²) in [4.78, 5) is 25.5. The van der Waals surface area contributed by atoms with Gasteiger partial charge in [0.25, 0.3) is 5.60 Å². The number of carbonyl (C=O) groups is 1. The summed E-state index contributed by atoms with van der Waals surface area (Å²) >= 11 is 0. The number of hydrogen-bond donors (Lipinski definition) is 1. The standard InChI is InChI=1S/C31H35F3O10/c1-28(2)21(44-28)14-15-29(3,37)22(42-27(36)30(40-6,31(32,33)34)19-10-8-7-9-11-19)17-41-25-20(38-4)16-18-12-13-23(35)43-24(18)26(25)39-5/h7-13,16,21-22,37H,14-15,17H2,1-6H3/t21-,22-,29-,30+/m1/s1. The molecule has 4 atom stereocenters. The monoisotopic (exact) mass is 624 g/mol. The van der Waals surface area contributed by atoms with Gasteiger partial charge in [-0.15, -0.1) is 0 Å². The molecule has 0 aliphatic carbocycles.